The van der Waals surface area contributed by atoms with E-state index in [-0.39, 0.29) is 12.5 Å². The van der Waals surface area contributed by atoms with Crippen molar-refractivity contribution in [1.82, 2.24) is 10.6 Å². The highest BCUT2D eigenvalue weighted by atomic mass is 32.2. The van der Waals surface area contributed by atoms with Gasteiger partial charge in [-0.15, -0.1) is 0 Å². The largest absolute Gasteiger partial charge is 0.352 e. The van der Waals surface area contributed by atoms with Crippen LogP contribution in [0.1, 0.15) is 42.6 Å². The molecule has 0 heterocycles. The zero-order chi connectivity index (χ0) is 17.5. The van der Waals surface area contributed by atoms with Gasteiger partial charge in [0.15, 0.2) is 9.84 Å². The van der Waals surface area contributed by atoms with E-state index in [4.69, 9.17) is 0 Å². The molecule has 0 aliphatic rings. The van der Waals surface area contributed by atoms with Crippen molar-refractivity contribution in [2.24, 2.45) is 0 Å². The van der Waals surface area contributed by atoms with Crippen LogP contribution in [0.3, 0.4) is 0 Å². The van der Waals surface area contributed by atoms with E-state index in [1.165, 1.54) is 6.92 Å². The van der Waals surface area contributed by atoms with E-state index < -0.39 is 21.0 Å². The fraction of sp³-hybridized carbons (Fsp3) is 0.500. The van der Waals surface area contributed by atoms with Gasteiger partial charge in [-0.05, 0) is 31.0 Å². The topological polar surface area (TPSA) is 92.3 Å². The second-order valence-electron chi connectivity index (χ2n) is 5.50. The Morgan fingerprint density at radius 3 is 2.26 bits per heavy atom. The fourth-order valence-corrected chi connectivity index (χ4v) is 2.25. The Bertz CT molecular complexity index is 639. The zero-order valence-electron chi connectivity index (χ0n) is 13.8. The minimum absolute atomic E-state index is 0.125. The van der Waals surface area contributed by atoms with Crippen molar-refractivity contribution in [3.63, 3.8) is 0 Å². The molecule has 6 nitrogen and oxygen atoms in total. The lowest BCUT2D eigenvalue weighted by Crippen LogP contribution is -2.37. The van der Waals surface area contributed by atoms with Crippen LogP contribution >= 0.6 is 0 Å². The van der Waals surface area contributed by atoms with Crippen LogP contribution in [0.5, 0.6) is 0 Å². The second-order valence-corrected chi connectivity index (χ2v) is 7.86. The highest BCUT2D eigenvalue weighted by Crippen LogP contribution is 2.05. The summed E-state index contributed by atoms with van der Waals surface area (Å²) in [5.74, 6) is -0.659. The van der Waals surface area contributed by atoms with Gasteiger partial charge in [-0.25, -0.2) is 8.42 Å². The van der Waals surface area contributed by atoms with Gasteiger partial charge in [0.25, 0.3) is 5.91 Å². The van der Waals surface area contributed by atoms with E-state index in [0.29, 0.717) is 12.1 Å². The number of benzene rings is 1. The Hall–Kier alpha value is -1.89. The summed E-state index contributed by atoms with van der Waals surface area (Å²) in [5.41, 5.74) is 1.35. The molecule has 1 atom stereocenters. The van der Waals surface area contributed by atoms with Gasteiger partial charge in [-0.3, -0.25) is 9.59 Å². The number of unbranched alkanes of at least 4 members (excludes halogenated alkanes) is 1. The lowest BCUT2D eigenvalue weighted by Gasteiger charge is -2.11. The first-order chi connectivity index (χ1) is 10.8. The predicted octanol–water partition coefficient (Wildman–Crippen LogP) is 1.27. The maximum Gasteiger partial charge on any atom is 0.251 e. The van der Waals surface area contributed by atoms with Crippen molar-refractivity contribution in [1.29, 1.82) is 0 Å². The van der Waals surface area contributed by atoms with Gasteiger partial charge in [0, 0.05) is 24.9 Å². The summed E-state index contributed by atoms with van der Waals surface area (Å²) in [7, 11) is -3.40. The molecule has 0 fully saturated rings. The molecule has 0 aromatic heterocycles. The van der Waals surface area contributed by atoms with Gasteiger partial charge in [-0.2, -0.15) is 0 Å². The van der Waals surface area contributed by atoms with Crippen molar-refractivity contribution in [2.45, 2.75) is 38.5 Å². The molecule has 0 saturated carbocycles. The highest BCUT2D eigenvalue weighted by Gasteiger charge is 2.22. The van der Waals surface area contributed by atoms with Crippen molar-refractivity contribution >= 4 is 21.7 Å². The van der Waals surface area contributed by atoms with Crippen molar-refractivity contribution in [2.75, 3.05) is 12.8 Å². The van der Waals surface area contributed by atoms with Crippen LogP contribution in [0.4, 0.5) is 0 Å². The summed E-state index contributed by atoms with van der Waals surface area (Å²) in [6.07, 6.45) is 2.99. The van der Waals surface area contributed by atoms with Gasteiger partial charge in [0.2, 0.25) is 5.91 Å². The first-order valence-corrected chi connectivity index (χ1v) is 9.55. The fourth-order valence-electron chi connectivity index (χ4n) is 1.78. The van der Waals surface area contributed by atoms with Crippen LogP contribution in [0.2, 0.25) is 0 Å². The van der Waals surface area contributed by atoms with Gasteiger partial charge < -0.3 is 10.6 Å². The van der Waals surface area contributed by atoms with Crippen molar-refractivity contribution < 1.29 is 18.0 Å². The molecule has 2 N–H and O–H groups in total. The number of carbonyl (C=O) groups is 2. The van der Waals surface area contributed by atoms with Crippen molar-refractivity contribution in [3.8, 4) is 0 Å². The summed E-state index contributed by atoms with van der Waals surface area (Å²) in [4.78, 5) is 23.6. The Labute approximate surface area is 137 Å². The predicted molar refractivity (Wildman–Crippen MR) is 89.8 cm³/mol. The first-order valence-electron chi connectivity index (χ1n) is 7.59. The van der Waals surface area contributed by atoms with Crippen LogP contribution in [-0.4, -0.2) is 38.3 Å². The van der Waals surface area contributed by atoms with E-state index in [2.05, 4.69) is 17.6 Å². The first kappa shape index (κ1) is 19.2. The van der Waals surface area contributed by atoms with Crippen LogP contribution in [0.15, 0.2) is 24.3 Å². The van der Waals surface area contributed by atoms with Crippen molar-refractivity contribution in [3.05, 3.63) is 35.4 Å². The summed E-state index contributed by atoms with van der Waals surface area (Å²) in [5, 5.41) is 4.33. The number of hydrogen-bond donors (Lipinski definition) is 2. The summed E-state index contributed by atoms with van der Waals surface area (Å²) >= 11 is 0. The van der Waals surface area contributed by atoms with Crippen LogP contribution in [-0.2, 0) is 21.2 Å². The maximum absolute atomic E-state index is 11.8. The second kappa shape index (κ2) is 8.67. The smallest absolute Gasteiger partial charge is 0.251 e. The third kappa shape index (κ3) is 6.40. The molecule has 0 aliphatic heterocycles. The Morgan fingerprint density at radius 1 is 1.13 bits per heavy atom. The molecule has 0 radical (unpaired) electrons. The monoisotopic (exact) mass is 340 g/mol. The van der Waals surface area contributed by atoms with Gasteiger partial charge >= 0.3 is 0 Å². The standard InChI is InChI=1S/C16H24N2O4S/c1-4-5-10-17-16(20)14-8-6-13(7-9-14)11-18-15(19)12(2)23(3,21)22/h6-9,12H,4-5,10-11H2,1-3H3,(H,17,20)(H,18,19). The van der Waals surface area contributed by atoms with Crippen LogP contribution in [0.25, 0.3) is 0 Å². The van der Waals surface area contributed by atoms with Gasteiger partial charge in [0.1, 0.15) is 5.25 Å². The summed E-state index contributed by atoms with van der Waals surface area (Å²) < 4.78 is 22.6. The maximum atomic E-state index is 11.8. The van der Waals surface area contributed by atoms with E-state index in [1.54, 1.807) is 24.3 Å². The van der Waals surface area contributed by atoms with E-state index >= 15 is 0 Å². The molecule has 2 amide bonds. The van der Waals surface area contributed by atoms with Crippen LogP contribution < -0.4 is 10.6 Å². The Kier molecular flexibility index (Phi) is 7.22. The highest BCUT2D eigenvalue weighted by molar-refractivity contribution is 7.92. The van der Waals surface area contributed by atoms with E-state index in [9.17, 15) is 18.0 Å². The molecule has 1 unspecified atom stereocenters. The molecule has 0 aliphatic carbocycles. The average molecular weight is 340 g/mol. The average Bonchev–Trinajstić information content (AvgIpc) is 2.51. The van der Waals surface area contributed by atoms with E-state index in [1.807, 2.05) is 0 Å². The molecular formula is C16H24N2O4S. The lowest BCUT2D eigenvalue weighted by atomic mass is 10.1. The Morgan fingerprint density at radius 2 is 1.74 bits per heavy atom. The molecule has 0 bridgehead atoms. The lowest BCUT2D eigenvalue weighted by molar-refractivity contribution is -0.120. The quantitative estimate of drug-likeness (QED) is 0.697. The molecule has 0 saturated heterocycles. The summed E-state index contributed by atoms with van der Waals surface area (Å²) in [6, 6.07) is 6.84. The van der Waals surface area contributed by atoms with Gasteiger partial charge in [-0.1, -0.05) is 25.5 Å². The molecule has 128 valence electrons. The SMILES string of the molecule is CCCCNC(=O)c1ccc(CNC(=O)C(C)S(C)(=O)=O)cc1. The molecule has 23 heavy (non-hydrogen) atoms. The molecular weight excluding hydrogens is 316 g/mol. The number of rotatable bonds is 8. The number of sulfone groups is 1. The van der Waals surface area contributed by atoms with E-state index in [0.717, 1.165) is 24.7 Å². The number of carbonyl (C=O) groups excluding carboxylic acids is 2. The molecule has 1 rings (SSSR count). The minimum atomic E-state index is -3.40. The number of amides is 2. The molecule has 1 aromatic carbocycles. The number of hydrogen-bond acceptors (Lipinski definition) is 4. The molecule has 7 heteroatoms. The minimum Gasteiger partial charge on any atom is -0.352 e. The zero-order valence-corrected chi connectivity index (χ0v) is 14.6. The van der Waals surface area contributed by atoms with Gasteiger partial charge in [0.05, 0.1) is 0 Å². The molecule has 0 spiro atoms. The Balaban J connectivity index is 2.54. The summed E-state index contributed by atoms with van der Waals surface area (Å²) in [6.45, 7) is 4.28. The van der Waals surface area contributed by atoms with Crippen LogP contribution in [0, 0.1) is 0 Å². The third-order valence-corrected chi connectivity index (χ3v) is 5.01. The number of nitrogens with one attached hydrogen (secondary N) is 2. The third-order valence-electron chi connectivity index (χ3n) is 3.51. The normalized spacial score (nSPS) is 12.5. The molecule has 1 aromatic rings.